The van der Waals surface area contributed by atoms with E-state index in [9.17, 15) is 18.2 Å². The van der Waals surface area contributed by atoms with Crippen molar-refractivity contribution < 1.29 is 37.6 Å². The highest BCUT2D eigenvalue weighted by Gasteiger charge is 2.65. The molecule has 0 aromatic carbocycles. The van der Waals surface area contributed by atoms with Crippen LogP contribution in [0.25, 0.3) is 0 Å². The van der Waals surface area contributed by atoms with Crippen LogP contribution in [0.2, 0.25) is 0 Å². The Morgan fingerprint density at radius 1 is 0.809 bits per heavy atom. The standard InChI is InChI=1S/C31H60N8O6S2/c1-5-36-17-34(3)13-20-10-26(46(41,42)43)30-24(28(20)36)15-39-19-38(30)16-25-29-21(14-35(4)18-37(29)6-2)11-27(31(25)39)47(33,44,45-40)23-9-7-8-22(32)12-23/h20-31,40H,5-19,32H2,1-4H3,(H2,33,44)(H,41,42,43). The van der Waals surface area contributed by atoms with E-state index in [0.29, 0.717) is 45.4 Å². The molecule has 14 atom stereocenters. The summed E-state index contributed by atoms with van der Waals surface area (Å²) in [6, 6.07) is -0.108. The Labute approximate surface area is 281 Å². The van der Waals surface area contributed by atoms with Crippen LogP contribution >= 0.6 is 0 Å². The average Bonchev–Trinajstić information content (AvgIpc) is 3.02. The molecule has 0 spiro atoms. The molecule has 7 rings (SSSR count). The lowest BCUT2D eigenvalue weighted by Crippen LogP contribution is -2.90. The predicted octanol–water partition coefficient (Wildman–Crippen LogP) is -3.21. The summed E-state index contributed by atoms with van der Waals surface area (Å²) in [7, 11) is -4.81. The van der Waals surface area contributed by atoms with Gasteiger partial charge in [-0.2, -0.15) is 4.21 Å². The molecule has 272 valence electrons. The first-order chi connectivity index (χ1) is 22.2. The Morgan fingerprint density at radius 3 is 1.89 bits per heavy atom. The lowest BCUT2D eigenvalue weighted by molar-refractivity contribution is -0.647. The van der Waals surface area contributed by atoms with Crippen LogP contribution in [0.1, 0.15) is 52.4 Å². The number of nitrogens with zero attached hydrogens (tertiary/aromatic N) is 6. The van der Waals surface area contributed by atoms with Gasteiger partial charge in [0.1, 0.15) is 5.25 Å². The van der Waals surface area contributed by atoms with Gasteiger partial charge in [0.2, 0.25) is 0 Å². The molecule has 14 unspecified atom stereocenters. The molecule has 2 bridgehead atoms. The Kier molecular flexibility index (Phi) is 9.26. The van der Waals surface area contributed by atoms with Crippen molar-refractivity contribution in [3.8, 4) is 0 Å². The van der Waals surface area contributed by atoms with Crippen molar-refractivity contribution in [1.82, 2.24) is 29.4 Å². The van der Waals surface area contributed by atoms with Crippen LogP contribution in [0.4, 0.5) is 0 Å². The molecule has 3 saturated carbocycles. The maximum absolute atomic E-state index is 15.7. The van der Waals surface area contributed by atoms with Crippen LogP contribution in [-0.2, 0) is 24.0 Å². The molecular weight excluding hydrogens is 645 g/mol. The van der Waals surface area contributed by atoms with E-state index in [1.165, 1.54) is 0 Å². The highest BCUT2D eigenvalue weighted by Crippen LogP contribution is 2.53. The van der Waals surface area contributed by atoms with Crippen molar-refractivity contribution in [2.75, 3.05) is 73.4 Å². The molecule has 3 aliphatic carbocycles. The molecule has 0 aromatic heterocycles. The first-order valence-corrected chi connectivity index (χ1v) is 21.8. The summed E-state index contributed by atoms with van der Waals surface area (Å²) < 4.78 is 60.1. The van der Waals surface area contributed by atoms with Crippen LogP contribution in [0.3, 0.4) is 0 Å². The van der Waals surface area contributed by atoms with E-state index in [-0.39, 0.29) is 53.9 Å². The number of quaternary nitrogens is 2. The highest BCUT2D eigenvalue weighted by atomic mass is 32.3. The summed E-state index contributed by atoms with van der Waals surface area (Å²) in [6.45, 7) is 11.0. The molecule has 7 aliphatic rings. The predicted molar refractivity (Wildman–Crippen MR) is 175 cm³/mol. The second kappa shape index (κ2) is 12.4. The smallest absolute Gasteiger partial charge is 0.103 e. The van der Waals surface area contributed by atoms with Gasteiger partial charge >= 0.3 is 0 Å². The summed E-state index contributed by atoms with van der Waals surface area (Å²) in [5.41, 5.74) is 4.31. The molecular formula is C31H60N8O6S2. The minimum absolute atomic E-state index is 0.00934. The molecule has 14 nitrogen and oxygen atoms in total. The minimum atomic E-state index is -4.55. The Morgan fingerprint density at radius 2 is 1.36 bits per heavy atom. The summed E-state index contributed by atoms with van der Waals surface area (Å²) in [5, 5.41) is 15.6. The maximum Gasteiger partial charge on any atom is 0.103 e. The Bertz CT molecular complexity index is 1360. The molecule has 4 heterocycles. The van der Waals surface area contributed by atoms with E-state index in [4.69, 9.17) is 4.33 Å². The topological polar surface area (TPSA) is 181 Å². The van der Waals surface area contributed by atoms with Crippen LogP contribution < -0.4 is 16.1 Å². The van der Waals surface area contributed by atoms with Gasteiger partial charge in [-0.3, -0.25) is 34.5 Å². The van der Waals surface area contributed by atoms with Gasteiger partial charge in [-0.15, -0.1) is 0 Å². The molecule has 7 fully saturated rings. The zero-order chi connectivity index (χ0) is 33.7. The number of hydrogen-bond donors (Lipinski definition) is 2. The van der Waals surface area contributed by atoms with Gasteiger partial charge in [0.05, 0.1) is 46.7 Å². The number of fused-ring (bicyclic) bond motifs is 10. The number of hydrogen-bond acceptors (Lipinski definition) is 12. The third-order valence-electron chi connectivity index (χ3n) is 13.8. The van der Waals surface area contributed by atoms with Crippen LogP contribution in [0.15, 0.2) is 0 Å². The minimum Gasteiger partial charge on any atom is -0.748 e. The van der Waals surface area contributed by atoms with Gasteiger partial charge in [-0.1, -0.05) is 23.4 Å². The molecule has 47 heavy (non-hydrogen) atoms. The highest BCUT2D eigenvalue weighted by molar-refractivity contribution is 8.10. The SMILES string of the molecule is CCN1CN(C)CC2CC(S(=O)(=O)[O-])C3C(CN4CN3CC3C5C(CC(S([NH3+])(=O)(O[O-])C6CCCC([NH3+])C6)C34)CN(C)CN5CC)C21. The van der Waals surface area contributed by atoms with Gasteiger partial charge in [0, 0.05) is 68.6 Å². The van der Waals surface area contributed by atoms with Crippen molar-refractivity contribution in [3.05, 3.63) is 0 Å². The fraction of sp³-hybridized carbons (Fsp3) is 1.00. The van der Waals surface area contributed by atoms with Crippen LogP contribution in [0, 0.1) is 23.7 Å². The van der Waals surface area contributed by atoms with Crippen molar-refractivity contribution in [3.63, 3.8) is 0 Å². The van der Waals surface area contributed by atoms with E-state index >= 15 is 4.21 Å². The second-order valence-electron chi connectivity index (χ2n) is 16.6. The quantitative estimate of drug-likeness (QED) is 0.161. The van der Waals surface area contributed by atoms with E-state index in [1.807, 2.05) is 0 Å². The first-order valence-electron chi connectivity index (χ1n) is 18.1. The normalized spacial score (nSPS) is 48.0. The molecule has 0 radical (unpaired) electrons. The summed E-state index contributed by atoms with van der Waals surface area (Å²) in [5.74, 6) is 0.186. The lowest BCUT2D eigenvalue weighted by Gasteiger charge is -2.70. The summed E-state index contributed by atoms with van der Waals surface area (Å²) in [6.07, 6.45) is 4.06. The Balaban J connectivity index is 1.33. The van der Waals surface area contributed by atoms with Gasteiger partial charge in [0.25, 0.3) is 0 Å². The molecule has 6 N–H and O–H groups in total. The largest absolute Gasteiger partial charge is 0.748 e. The summed E-state index contributed by atoms with van der Waals surface area (Å²) in [4.78, 5) is 14.3. The van der Waals surface area contributed by atoms with Crippen LogP contribution in [-0.4, -0.2) is 166 Å². The lowest BCUT2D eigenvalue weighted by atomic mass is 9.65. The maximum atomic E-state index is 15.7. The third-order valence-corrected chi connectivity index (χ3v) is 18.9. The van der Waals surface area contributed by atoms with E-state index in [1.54, 1.807) is 0 Å². The summed E-state index contributed by atoms with van der Waals surface area (Å²) >= 11 is 0. The van der Waals surface area contributed by atoms with Crippen molar-refractivity contribution >= 4 is 19.7 Å². The second-order valence-corrected chi connectivity index (χ2v) is 21.9. The third kappa shape index (κ3) is 5.69. The van der Waals surface area contributed by atoms with Gasteiger partial charge in [-0.25, -0.2) is 8.42 Å². The van der Waals surface area contributed by atoms with Crippen LogP contribution in [0.5, 0.6) is 0 Å². The fourth-order valence-corrected chi connectivity index (χ4v) is 17.1. The fourth-order valence-electron chi connectivity index (χ4n) is 12.3. The number of rotatable bonds is 6. The Hall–Kier alpha value is -0.340. The average molecular weight is 705 g/mol. The molecule has 0 aromatic rings. The van der Waals surface area contributed by atoms with Gasteiger partial charge in [0.15, 0.2) is 0 Å². The van der Waals surface area contributed by atoms with Gasteiger partial charge < -0.3 is 19.9 Å². The zero-order valence-corrected chi connectivity index (χ0v) is 30.5. The van der Waals surface area contributed by atoms with Crippen molar-refractivity contribution in [2.45, 2.75) is 98.3 Å². The first kappa shape index (κ1) is 35.1. The molecule has 4 saturated heterocycles. The zero-order valence-electron chi connectivity index (χ0n) is 28.9. The van der Waals surface area contributed by atoms with Crippen molar-refractivity contribution in [1.29, 1.82) is 0 Å². The molecule has 4 aliphatic heterocycles. The molecule has 0 amide bonds. The van der Waals surface area contributed by atoms with E-state index in [0.717, 1.165) is 52.4 Å². The van der Waals surface area contributed by atoms with E-state index in [2.05, 4.69) is 68.2 Å². The molecule has 16 heteroatoms. The van der Waals surface area contributed by atoms with Gasteiger partial charge in [-0.05, 0) is 71.1 Å². The van der Waals surface area contributed by atoms with E-state index < -0.39 is 35.4 Å². The monoisotopic (exact) mass is 704 g/mol. The van der Waals surface area contributed by atoms with Crippen molar-refractivity contribution in [2.24, 2.45) is 23.7 Å².